The van der Waals surface area contributed by atoms with E-state index in [-0.39, 0.29) is 11.4 Å². The molecule has 2 aromatic rings. The summed E-state index contributed by atoms with van der Waals surface area (Å²) in [5.41, 5.74) is -0.698. The number of ether oxygens (including phenoxy) is 1. The molecular formula is C13H12F3N3O. The first-order valence-electron chi connectivity index (χ1n) is 5.61. The lowest BCUT2D eigenvalue weighted by Crippen LogP contribution is -2.38. The Morgan fingerprint density at radius 3 is 2.15 bits per heavy atom. The van der Waals surface area contributed by atoms with E-state index < -0.39 is 11.7 Å². The summed E-state index contributed by atoms with van der Waals surface area (Å²) in [6, 6.07) is 11.3. The number of benzene rings is 2. The van der Waals surface area contributed by atoms with Crippen LogP contribution in [0.25, 0.3) is 0 Å². The highest BCUT2D eigenvalue weighted by molar-refractivity contribution is 5.59. The molecule has 0 bridgehead atoms. The maximum absolute atomic E-state index is 12.7. The SMILES string of the molecule is NN(N)c1ccc(C(F)(F)F)cc1Oc1ccccc1. The smallest absolute Gasteiger partial charge is 0.416 e. The van der Waals surface area contributed by atoms with Gasteiger partial charge < -0.3 is 4.74 Å². The van der Waals surface area contributed by atoms with Crippen molar-refractivity contribution in [3.05, 3.63) is 54.1 Å². The number of nitrogens with two attached hydrogens (primary N) is 2. The lowest BCUT2D eigenvalue weighted by Gasteiger charge is -2.18. The highest BCUT2D eigenvalue weighted by Crippen LogP contribution is 2.37. The largest absolute Gasteiger partial charge is 0.455 e. The summed E-state index contributed by atoms with van der Waals surface area (Å²) in [5.74, 6) is 11.1. The van der Waals surface area contributed by atoms with Gasteiger partial charge in [-0.15, -0.1) is 0 Å². The van der Waals surface area contributed by atoms with Crippen LogP contribution in [0, 0.1) is 0 Å². The Morgan fingerprint density at radius 1 is 0.950 bits per heavy atom. The monoisotopic (exact) mass is 283 g/mol. The maximum atomic E-state index is 12.7. The molecule has 4 nitrogen and oxygen atoms in total. The van der Waals surface area contributed by atoms with Crippen LogP contribution in [0.2, 0.25) is 0 Å². The summed E-state index contributed by atoms with van der Waals surface area (Å²) >= 11 is 0. The van der Waals surface area contributed by atoms with Crippen molar-refractivity contribution in [1.82, 2.24) is 0 Å². The molecule has 0 spiro atoms. The van der Waals surface area contributed by atoms with E-state index >= 15 is 0 Å². The molecule has 0 unspecified atom stereocenters. The van der Waals surface area contributed by atoms with Crippen LogP contribution in [0.3, 0.4) is 0 Å². The van der Waals surface area contributed by atoms with Crippen LogP contribution in [0.15, 0.2) is 48.5 Å². The van der Waals surface area contributed by atoms with Crippen molar-refractivity contribution in [3.8, 4) is 11.5 Å². The topological polar surface area (TPSA) is 64.5 Å². The van der Waals surface area contributed by atoms with Gasteiger partial charge in [-0.05, 0) is 30.3 Å². The van der Waals surface area contributed by atoms with Crippen LogP contribution in [-0.4, -0.2) is 0 Å². The Kier molecular flexibility index (Phi) is 3.82. The van der Waals surface area contributed by atoms with E-state index in [0.717, 1.165) is 18.2 Å². The lowest BCUT2D eigenvalue weighted by atomic mass is 10.2. The summed E-state index contributed by atoms with van der Waals surface area (Å²) < 4.78 is 43.5. The molecule has 20 heavy (non-hydrogen) atoms. The van der Waals surface area contributed by atoms with Gasteiger partial charge in [-0.25, -0.2) is 16.8 Å². The van der Waals surface area contributed by atoms with Crippen molar-refractivity contribution in [2.45, 2.75) is 6.18 Å². The zero-order chi connectivity index (χ0) is 14.8. The molecular weight excluding hydrogens is 271 g/mol. The molecule has 2 rings (SSSR count). The van der Waals surface area contributed by atoms with Crippen molar-refractivity contribution < 1.29 is 17.9 Å². The van der Waals surface area contributed by atoms with Gasteiger partial charge in [0.05, 0.1) is 5.56 Å². The van der Waals surface area contributed by atoms with Crippen molar-refractivity contribution in [2.75, 3.05) is 5.12 Å². The number of alkyl halides is 3. The van der Waals surface area contributed by atoms with E-state index in [4.69, 9.17) is 16.4 Å². The zero-order valence-electron chi connectivity index (χ0n) is 10.3. The average Bonchev–Trinajstić information content (AvgIpc) is 2.38. The van der Waals surface area contributed by atoms with Crippen LogP contribution in [0.5, 0.6) is 11.5 Å². The summed E-state index contributed by atoms with van der Waals surface area (Å²) in [7, 11) is 0. The third-order valence-electron chi connectivity index (χ3n) is 2.54. The minimum atomic E-state index is -4.47. The molecule has 0 atom stereocenters. The van der Waals surface area contributed by atoms with Gasteiger partial charge in [0.2, 0.25) is 0 Å². The van der Waals surface area contributed by atoms with E-state index in [1.165, 1.54) is 0 Å². The first-order valence-corrected chi connectivity index (χ1v) is 5.61. The predicted octanol–water partition coefficient (Wildman–Crippen LogP) is 3.05. The van der Waals surface area contributed by atoms with Gasteiger partial charge >= 0.3 is 6.18 Å². The normalized spacial score (nSPS) is 11.2. The number of para-hydroxylation sites is 1. The molecule has 0 aliphatic heterocycles. The van der Waals surface area contributed by atoms with Crippen molar-refractivity contribution in [1.29, 1.82) is 0 Å². The Morgan fingerprint density at radius 2 is 1.60 bits per heavy atom. The van der Waals surface area contributed by atoms with Gasteiger partial charge in [0.1, 0.15) is 11.4 Å². The third-order valence-corrected chi connectivity index (χ3v) is 2.54. The second-order valence-electron chi connectivity index (χ2n) is 4.00. The molecule has 0 saturated carbocycles. The fourth-order valence-corrected chi connectivity index (χ4v) is 1.60. The molecule has 0 fully saturated rings. The number of halogens is 3. The minimum Gasteiger partial charge on any atom is -0.455 e. The molecule has 0 heterocycles. The lowest BCUT2D eigenvalue weighted by molar-refractivity contribution is -0.137. The van der Waals surface area contributed by atoms with Gasteiger partial charge in [-0.1, -0.05) is 18.2 Å². The standard InChI is InChI=1S/C13H12F3N3O/c14-13(15,16)9-6-7-11(19(17)18)12(8-9)20-10-4-2-1-3-5-10/h1-8H,17-18H2. The fraction of sp³-hybridized carbons (Fsp3) is 0.0769. The molecule has 0 aliphatic carbocycles. The van der Waals surface area contributed by atoms with Crippen molar-refractivity contribution in [2.24, 2.45) is 11.7 Å². The molecule has 0 aliphatic rings. The van der Waals surface area contributed by atoms with E-state index in [1.807, 2.05) is 0 Å². The second-order valence-corrected chi connectivity index (χ2v) is 4.00. The van der Waals surface area contributed by atoms with Gasteiger partial charge in [0.15, 0.2) is 5.75 Å². The Hall–Kier alpha value is -2.25. The van der Waals surface area contributed by atoms with Crippen LogP contribution in [-0.2, 0) is 6.18 Å². The number of hydrazine groups is 2. The van der Waals surface area contributed by atoms with Crippen LogP contribution in [0.1, 0.15) is 5.56 Å². The first kappa shape index (κ1) is 14.2. The van der Waals surface area contributed by atoms with E-state index in [1.54, 1.807) is 30.3 Å². The van der Waals surface area contributed by atoms with Gasteiger partial charge in [-0.3, -0.25) is 0 Å². The maximum Gasteiger partial charge on any atom is 0.416 e. The molecule has 0 aromatic heterocycles. The number of anilines is 1. The summed E-state index contributed by atoms with van der Waals surface area (Å²) in [6.07, 6.45) is -4.47. The minimum absolute atomic E-state index is 0.0731. The van der Waals surface area contributed by atoms with Crippen LogP contribution in [0.4, 0.5) is 18.9 Å². The quantitative estimate of drug-likeness (QED) is 0.671. The predicted molar refractivity (Wildman–Crippen MR) is 68.8 cm³/mol. The van der Waals surface area contributed by atoms with E-state index in [9.17, 15) is 13.2 Å². The van der Waals surface area contributed by atoms with Crippen LogP contribution >= 0.6 is 0 Å². The van der Waals surface area contributed by atoms with Gasteiger partial charge in [0, 0.05) is 0 Å². The Balaban J connectivity index is 2.42. The van der Waals surface area contributed by atoms with Gasteiger partial charge in [-0.2, -0.15) is 13.2 Å². The van der Waals surface area contributed by atoms with Gasteiger partial charge in [0.25, 0.3) is 0 Å². The zero-order valence-corrected chi connectivity index (χ0v) is 10.3. The van der Waals surface area contributed by atoms with Crippen molar-refractivity contribution in [3.63, 3.8) is 0 Å². The number of rotatable bonds is 3. The Labute approximate surface area is 113 Å². The highest BCUT2D eigenvalue weighted by atomic mass is 19.4. The number of hydrogen-bond acceptors (Lipinski definition) is 4. The number of hydrogen-bond donors (Lipinski definition) is 2. The number of nitrogens with zero attached hydrogens (tertiary/aromatic N) is 1. The summed E-state index contributed by atoms with van der Waals surface area (Å²) in [6.45, 7) is 0. The molecule has 4 N–H and O–H groups in total. The van der Waals surface area contributed by atoms with Crippen LogP contribution < -0.4 is 21.5 Å². The molecule has 7 heteroatoms. The molecule has 0 amide bonds. The summed E-state index contributed by atoms with van der Waals surface area (Å²) in [4.78, 5) is 0. The van der Waals surface area contributed by atoms with Crippen molar-refractivity contribution >= 4 is 5.69 Å². The first-order chi connectivity index (χ1) is 9.38. The fourth-order valence-electron chi connectivity index (χ4n) is 1.60. The molecule has 0 saturated heterocycles. The molecule has 106 valence electrons. The second kappa shape index (κ2) is 5.40. The van der Waals surface area contributed by atoms with E-state index in [0.29, 0.717) is 10.9 Å². The molecule has 2 aromatic carbocycles. The Bertz CT molecular complexity index is 585. The average molecular weight is 283 g/mol. The summed E-state index contributed by atoms with van der Waals surface area (Å²) in [5, 5.41) is 0.707. The molecule has 0 radical (unpaired) electrons. The van der Waals surface area contributed by atoms with E-state index in [2.05, 4.69) is 0 Å². The highest BCUT2D eigenvalue weighted by Gasteiger charge is 2.31. The third kappa shape index (κ3) is 3.19.